The Bertz CT molecular complexity index is 643. The van der Waals surface area contributed by atoms with Gasteiger partial charge in [-0.2, -0.15) is 0 Å². The van der Waals surface area contributed by atoms with Crippen molar-refractivity contribution in [2.45, 2.75) is 117 Å². The van der Waals surface area contributed by atoms with E-state index in [1.165, 1.54) is 103 Å². The van der Waals surface area contributed by atoms with Crippen molar-refractivity contribution in [3.63, 3.8) is 0 Å². The van der Waals surface area contributed by atoms with Crippen LogP contribution in [0, 0.1) is 0 Å². The lowest BCUT2D eigenvalue weighted by Crippen LogP contribution is -2.29. The third kappa shape index (κ3) is 17.1. The first-order chi connectivity index (χ1) is 16.0. The molecule has 0 aliphatic carbocycles. The molecule has 0 aromatic heterocycles. The number of esters is 2. The number of carbonyl (C=O) groups is 2. The van der Waals surface area contributed by atoms with Gasteiger partial charge in [-0.3, -0.25) is 9.59 Å². The summed E-state index contributed by atoms with van der Waals surface area (Å²) in [6.45, 7) is 5.07. The highest BCUT2D eigenvalue weighted by molar-refractivity contribution is 5.67. The van der Waals surface area contributed by atoms with Crippen molar-refractivity contribution in [3.05, 3.63) is 29.8 Å². The summed E-state index contributed by atoms with van der Waals surface area (Å²) < 4.78 is 15.9. The number of unbranched alkanes of at least 4 members (excludes halogenated alkanes) is 12. The average Bonchev–Trinajstić information content (AvgIpc) is 2.78. The Morgan fingerprint density at radius 3 is 1.88 bits per heavy atom. The molecule has 0 spiro atoms. The van der Waals surface area contributed by atoms with Gasteiger partial charge >= 0.3 is 11.9 Å². The number of aryl methyl sites for hydroxylation is 1. The Morgan fingerprint density at radius 1 is 0.758 bits per heavy atom. The molecular weight excluding hydrogens is 416 g/mol. The van der Waals surface area contributed by atoms with Crippen LogP contribution < -0.4 is 4.74 Å². The summed E-state index contributed by atoms with van der Waals surface area (Å²) in [6.07, 6.45) is 18.1. The van der Waals surface area contributed by atoms with Gasteiger partial charge in [-0.05, 0) is 30.5 Å². The SMILES string of the molecule is CCCCCCCCCCCCCCCc1cccc(OCC(COC(C)=O)OC(C)=O)c1. The number of hydrogen-bond donors (Lipinski definition) is 0. The lowest BCUT2D eigenvalue weighted by atomic mass is 10.0. The summed E-state index contributed by atoms with van der Waals surface area (Å²) in [7, 11) is 0. The molecule has 188 valence electrons. The van der Waals surface area contributed by atoms with E-state index in [9.17, 15) is 9.59 Å². The summed E-state index contributed by atoms with van der Waals surface area (Å²) in [5, 5.41) is 0. The van der Waals surface area contributed by atoms with E-state index in [1.807, 2.05) is 18.2 Å². The quantitative estimate of drug-likeness (QED) is 0.151. The minimum absolute atomic E-state index is 0.00639. The van der Waals surface area contributed by atoms with Gasteiger partial charge in [0.15, 0.2) is 6.10 Å². The molecule has 1 atom stereocenters. The van der Waals surface area contributed by atoms with Crippen LogP contribution in [0.4, 0.5) is 0 Å². The fourth-order valence-corrected chi connectivity index (χ4v) is 3.89. The Morgan fingerprint density at radius 2 is 1.33 bits per heavy atom. The van der Waals surface area contributed by atoms with Gasteiger partial charge in [0.1, 0.15) is 19.0 Å². The van der Waals surface area contributed by atoms with Crippen molar-refractivity contribution in [3.8, 4) is 5.75 Å². The lowest BCUT2D eigenvalue weighted by molar-refractivity contribution is -0.158. The highest BCUT2D eigenvalue weighted by atomic mass is 16.6. The molecule has 33 heavy (non-hydrogen) atoms. The largest absolute Gasteiger partial charge is 0.490 e. The van der Waals surface area contributed by atoms with E-state index in [2.05, 4.69) is 13.0 Å². The zero-order chi connectivity index (χ0) is 24.2. The van der Waals surface area contributed by atoms with E-state index in [-0.39, 0.29) is 13.2 Å². The molecule has 0 saturated heterocycles. The first-order valence-corrected chi connectivity index (χ1v) is 13.0. The van der Waals surface area contributed by atoms with Crippen molar-refractivity contribution < 1.29 is 23.8 Å². The van der Waals surface area contributed by atoms with Crippen LogP contribution in [0.3, 0.4) is 0 Å². The van der Waals surface area contributed by atoms with E-state index in [0.29, 0.717) is 0 Å². The number of rotatable bonds is 20. The Balaban J connectivity index is 2.15. The van der Waals surface area contributed by atoms with Gasteiger partial charge in [0, 0.05) is 13.8 Å². The lowest BCUT2D eigenvalue weighted by Gasteiger charge is -2.17. The molecule has 1 unspecified atom stereocenters. The molecule has 1 aromatic carbocycles. The maximum atomic E-state index is 11.2. The van der Waals surface area contributed by atoms with Crippen molar-refractivity contribution in [2.24, 2.45) is 0 Å². The topological polar surface area (TPSA) is 61.8 Å². The second kappa shape index (κ2) is 19.4. The highest BCUT2D eigenvalue weighted by Gasteiger charge is 2.15. The Labute approximate surface area is 201 Å². The molecule has 1 rings (SSSR count). The number of benzene rings is 1. The van der Waals surface area contributed by atoms with Crippen LogP contribution in [0.1, 0.15) is 110 Å². The molecule has 0 N–H and O–H groups in total. The van der Waals surface area contributed by atoms with Crippen molar-refractivity contribution in [1.29, 1.82) is 0 Å². The van der Waals surface area contributed by atoms with Crippen LogP contribution in [0.15, 0.2) is 24.3 Å². The van der Waals surface area contributed by atoms with E-state index in [1.54, 1.807) is 0 Å². The molecule has 0 heterocycles. The molecule has 5 heteroatoms. The Kier molecular flexibility index (Phi) is 17.1. The zero-order valence-electron chi connectivity index (χ0n) is 21.2. The molecule has 0 saturated carbocycles. The summed E-state index contributed by atoms with van der Waals surface area (Å²) in [4.78, 5) is 22.3. The van der Waals surface area contributed by atoms with Crippen molar-refractivity contribution in [2.75, 3.05) is 13.2 Å². The molecule has 0 amide bonds. The number of carbonyl (C=O) groups excluding carboxylic acids is 2. The van der Waals surface area contributed by atoms with Gasteiger partial charge in [0.2, 0.25) is 0 Å². The molecule has 0 aliphatic heterocycles. The summed E-state index contributed by atoms with van der Waals surface area (Å²) in [5.74, 6) is -0.0963. The smallest absolute Gasteiger partial charge is 0.303 e. The Hall–Kier alpha value is -2.04. The maximum Gasteiger partial charge on any atom is 0.303 e. The predicted molar refractivity (Wildman–Crippen MR) is 134 cm³/mol. The molecule has 5 nitrogen and oxygen atoms in total. The van der Waals surface area contributed by atoms with E-state index in [0.717, 1.165) is 12.2 Å². The molecule has 0 radical (unpaired) electrons. The van der Waals surface area contributed by atoms with E-state index >= 15 is 0 Å². The molecule has 0 bridgehead atoms. The van der Waals surface area contributed by atoms with E-state index < -0.39 is 18.0 Å². The normalized spacial score (nSPS) is 11.7. The van der Waals surface area contributed by atoms with Gasteiger partial charge in [0.05, 0.1) is 0 Å². The third-order valence-electron chi connectivity index (χ3n) is 5.71. The number of hydrogen-bond acceptors (Lipinski definition) is 5. The summed E-state index contributed by atoms with van der Waals surface area (Å²) in [5.41, 5.74) is 1.25. The van der Waals surface area contributed by atoms with Crippen LogP contribution >= 0.6 is 0 Å². The molecule has 0 fully saturated rings. The van der Waals surface area contributed by atoms with Gasteiger partial charge in [0.25, 0.3) is 0 Å². The second-order valence-corrected chi connectivity index (χ2v) is 8.99. The molecular formula is C28H46O5. The minimum atomic E-state index is -0.615. The fraction of sp³-hybridized carbons (Fsp3) is 0.714. The predicted octanol–water partition coefficient (Wildman–Crippen LogP) is 7.19. The summed E-state index contributed by atoms with van der Waals surface area (Å²) in [6, 6.07) is 8.04. The first kappa shape index (κ1) is 29.0. The fourth-order valence-electron chi connectivity index (χ4n) is 3.89. The molecule has 0 aliphatic rings. The van der Waals surface area contributed by atoms with E-state index in [4.69, 9.17) is 14.2 Å². The van der Waals surface area contributed by atoms with Crippen LogP contribution in [0.2, 0.25) is 0 Å². The zero-order valence-corrected chi connectivity index (χ0v) is 21.2. The minimum Gasteiger partial charge on any atom is -0.490 e. The van der Waals surface area contributed by atoms with Crippen LogP contribution in [-0.2, 0) is 25.5 Å². The van der Waals surface area contributed by atoms with Crippen LogP contribution in [0.5, 0.6) is 5.75 Å². The highest BCUT2D eigenvalue weighted by Crippen LogP contribution is 2.17. The average molecular weight is 463 g/mol. The number of ether oxygens (including phenoxy) is 3. The van der Waals surface area contributed by atoms with Gasteiger partial charge in [-0.15, -0.1) is 0 Å². The standard InChI is InChI=1S/C28H46O5/c1-4-5-6-7-8-9-10-11-12-13-14-15-16-18-26-19-17-20-27(21-26)32-23-28(33-25(3)30)22-31-24(2)29/h17,19-21,28H,4-16,18,22-23H2,1-3H3. The van der Waals surface area contributed by atoms with Crippen LogP contribution in [-0.4, -0.2) is 31.3 Å². The summed E-state index contributed by atoms with van der Waals surface area (Å²) >= 11 is 0. The maximum absolute atomic E-state index is 11.2. The van der Waals surface area contributed by atoms with Crippen LogP contribution in [0.25, 0.3) is 0 Å². The third-order valence-corrected chi connectivity index (χ3v) is 5.71. The van der Waals surface area contributed by atoms with Gasteiger partial charge < -0.3 is 14.2 Å². The van der Waals surface area contributed by atoms with Gasteiger partial charge in [-0.1, -0.05) is 96.1 Å². The monoisotopic (exact) mass is 462 g/mol. The second-order valence-electron chi connectivity index (χ2n) is 8.99. The van der Waals surface area contributed by atoms with Gasteiger partial charge in [-0.25, -0.2) is 0 Å². The molecule has 1 aromatic rings. The first-order valence-electron chi connectivity index (χ1n) is 13.0. The van der Waals surface area contributed by atoms with Crippen molar-refractivity contribution >= 4 is 11.9 Å². The van der Waals surface area contributed by atoms with Crippen molar-refractivity contribution in [1.82, 2.24) is 0 Å².